The van der Waals surface area contributed by atoms with Crippen LogP contribution >= 0.6 is 0 Å². The van der Waals surface area contributed by atoms with Crippen LogP contribution in [0, 0.1) is 5.82 Å². The normalized spacial score (nSPS) is 11.3. The van der Waals surface area contributed by atoms with Crippen molar-refractivity contribution in [2.75, 3.05) is 7.11 Å². The highest BCUT2D eigenvalue weighted by Gasteiger charge is 2.05. The summed E-state index contributed by atoms with van der Waals surface area (Å²) in [5, 5.41) is 0. The SMILES string of the molecule is CCC(CC(=O)OC)=Nc1ccc(F)cc1. The summed E-state index contributed by atoms with van der Waals surface area (Å²) in [6.07, 6.45) is 0.830. The number of rotatable bonds is 4. The standard InChI is InChI=1S/C12H14FNO2/c1-3-10(8-12(15)16-2)14-11-6-4-9(13)5-7-11/h4-7H,3,8H2,1-2H3. The lowest BCUT2D eigenvalue weighted by Crippen LogP contribution is -2.08. The summed E-state index contributed by atoms with van der Waals surface area (Å²) in [5.41, 5.74) is 1.36. The van der Waals surface area contributed by atoms with Gasteiger partial charge in [-0.1, -0.05) is 6.92 Å². The quantitative estimate of drug-likeness (QED) is 0.581. The van der Waals surface area contributed by atoms with Gasteiger partial charge in [0.25, 0.3) is 0 Å². The van der Waals surface area contributed by atoms with Crippen LogP contribution in [0.15, 0.2) is 29.3 Å². The van der Waals surface area contributed by atoms with Crippen molar-refractivity contribution >= 4 is 17.4 Å². The number of carbonyl (C=O) groups is 1. The molecular weight excluding hydrogens is 209 g/mol. The highest BCUT2D eigenvalue weighted by molar-refractivity contribution is 5.99. The van der Waals surface area contributed by atoms with Crippen molar-refractivity contribution in [1.82, 2.24) is 0 Å². The summed E-state index contributed by atoms with van der Waals surface area (Å²) in [5.74, 6) is -0.618. The molecule has 0 aliphatic rings. The largest absolute Gasteiger partial charge is 0.469 e. The van der Waals surface area contributed by atoms with Crippen LogP contribution in [-0.2, 0) is 9.53 Å². The second kappa shape index (κ2) is 6.00. The van der Waals surface area contributed by atoms with Crippen LogP contribution in [0.3, 0.4) is 0 Å². The van der Waals surface area contributed by atoms with Gasteiger partial charge in [-0.25, -0.2) is 4.39 Å². The molecule has 3 nitrogen and oxygen atoms in total. The molecule has 0 heterocycles. The number of esters is 1. The summed E-state index contributed by atoms with van der Waals surface area (Å²) in [7, 11) is 1.34. The van der Waals surface area contributed by atoms with Crippen molar-refractivity contribution in [3.8, 4) is 0 Å². The molecule has 0 unspecified atom stereocenters. The average molecular weight is 223 g/mol. The van der Waals surface area contributed by atoms with Gasteiger partial charge in [-0.05, 0) is 30.7 Å². The van der Waals surface area contributed by atoms with E-state index in [9.17, 15) is 9.18 Å². The molecule has 0 bridgehead atoms. The Balaban J connectivity index is 2.79. The van der Waals surface area contributed by atoms with Gasteiger partial charge in [-0.15, -0.1) is 0 Å². The zero-order chi connectivity index (χ0) is 12.0. The van der Waals surface area contributed by atoms with Crippen LogP contribution in [0.2, 0.25) is 0 Å². The summed E-state index contributed by atoms with van der Waals surface area (Å²) in [4.78, 5) is 15.3. The van der Waals surface area contributed by atoms with Gasteiger partial charge in [0.15, 0.2) is 0 Å². The Morgan fingerprint density at radius 3 is 2.50 bits per heavy atom. The van der Waals surface area contributed by atoms with Gasteiger partial charge < -0.3 is 4.74 Å². The van der Waals surface area contributed by atoms with E-state index in [0.717, 1.165) is 5.71 Å². The van der Waals surface area contributed by atoms with E-state index in [-0.39, 0.29) is 18.2 Å². The minimum absolute atomic E-state index is 0.171. The Kier molecular flexibility index (Phi) is 4.64. The monoisotopic (exact) mass is 223 g/mol. The Hall–Kier alpha value is -1.71. The summed E-state index contributed by atoms with van der Waals surface area (Å²) in [6.45, 7) is 1.91. The van der Waals surface area contributed by atoms with Crippen molar-refractivity contribution < 1.29 is 13.9 Å². The molecule has 0 spiro atoms. The number of methoxy groups -OCH3 is 1. The highest BCUT2D eigenvalue weighted by Crippen LogP contribution is 2.14. The molecule has 0 fully saturated rings. The average Bonchev–Trinajstić information content (AvgIpc) is 2.30. The number of ether oxygens (including phenoxy) is 1. The van der Waals surface area contributed by atoms with Gasteiger partial charge in [0.1, 0.15) is 5.82 Å². The molecule has 86 valence electrons. The van der Waals surface area contributed by atoms with Gasteiger partial charge in [0, 0.05) is 5.71 Å². The number of hydrogen-bond donors (Lipinski definition) is 0. The first-order valence-electron chi connectivity index (χ1n) is 5.04. The number of nitrogens with zero attached hydrogens (tertiary/aromatic N) is 1. The van der Waals surface area contributed by atoms with E-state index in [1.165, 1.54) is 19.2 Å². The molecular formula is C12H14FNO2. The summed E-state index contributed by atoms with van der Waals surface area (Å²) >= 11 is 0. The van der Waals surface area contributed by atoms with E-state index in [2.05, 4.69) is 9.73 Å². The van der Waals surface area contributed by atoms with Crippen LogP contribution in [-0.4, -0.2) is 18.8 Å². The third-order valence-electron chi connectivity index (χ3n) is 2.10. The van der Waals surface area contributed by atoms with Crippen molar-refractivity contribution in [2.24, 2.45) is 4.99 Å². The second-order valence-electron chi connectivity index (χ2n) is 3.26. The zero-order valence-electron chi connectivity index (χ0n) is 9.37. The van der Waals surface area contributed by atoms with E-state index in [1.807, 2.05) is 6.92 Å². The molecule has 0 N–H and O–H groups in total. The van der Waals surface area contributed by atoms with Crippen LogP contribution in [0.25, 0.3) is 0 Å². The van der Waals surface area contributed by atoms with Crippen LogP contribution in [0.4, 0.5) is 10.1 Å². The Morgan fingerprint density at radius 1 is 1.38 bits per heavy atom. The van der Waals surface area contributed by atoms with E-state index in [4.69, 9.17) is 0 Å². The van der Waals surface area contributed by atoms with Crippen molar-refractivity contribution in [1.29, 1.82) is 0 Å². The maximum absolute atomic E-state index is 12.6. The first kappa shape index (κ1) is 12.4. The molecule has 1 aromatic rings. The molecule has 0 aliphatic carbocycles. The second-order valence-corrected chi connectivity index (χ2v) is 3.26. The lowest BCUT2D eigenvalue weighted by Gasteiger charge is -2.02. The molecule has 0 radical (unpaired) electrons. The highest BCUT2D eigenvalue weighted by atomic mass is 19.1. The first-order chi connectivity index (χ1) is 7.65. The Labute approximate surface area is 94.0 Å². The minimum Gasteiger partial charge on any atom is -0.469 e. The Bertz CT molecular complexity index is 385. The molecule has 4 heteroatoms. The number of carbonyl (C=O) groups excluding carboxylic acids is 1. The van der Waals surface area contributed by atoms with Gasteiger partial charge in [0.2, 0.25) is 0 Å². The predicted octanol–water partition coefficient (Wildman–Crippen LogP) is 2.87. The number of aliphatic imine (C=N–C) groups is 1. The fourth-order valence-electron chi connectivity index (χ4n) is 1.18. The molecule has 0 aromatic heterocycles. The van der Waals surface area contributed by atoms with Gasteiger partial charge in [-0.2, -0.15) is 0 Å². The summed E-state index contributed by atoms with van der Waals surface area (Å²) < 4.78 is 17.2. The van der Waals surface area contributed by atoms with E-state index in [0.29, 0.717) is 12.1 Å². The molecule has 0 saturated carbocycles. The van der Waals surface area contributed by atoms with Crippen LogP contribution < -0.4 is 0 Å². The third-order valence-corrected chi connectivity index (χ3v) is 2.10. The maximum Gasteiger partial charge on any atom is 0.311 e. The van der Waals surface area contributed by atoms with Gasteiger partial charge in [0.05, 0.1) is 19.2 Å². The lowest BCUT2D eigenvalue weighted by molar-refractivity contribution is -0.139. The molecule has 1 aromatic carbocycles. The topological polar surface area (TPSA) is 38.7 Å². The van der Waals surface area contributed by atoms with E-state index in [1.54, 1.807) is 12.1 Å². The fourth-order valence-corrected chi connectivity index (χ4v) is 1.18. The van der Waals surface area contributed by atoms with E-state index < -0.39 is 0 Å². The molecule has 0 aliphatic heterocycles. The molecule has 1 rings (SSSR count). The smallest absolute Gasteiger partial charge is 0.311 e. The summed E-state index contributed by atoms with van der Waals surface area (Å²) in [6, 6.07) is 5.82. The molecule has 0 amide bonds. The third kappa shape index (κ3) is 3.81. The lowest BCUT2D eigenvalue weighted by atomic mass is 10.2. The van der Waals surface area contributed by atoms with Crippen molar-refractivity contribution in [3.63, 3.8) is 0 Å². The van der Waals surface area contributed by atoms with Crippen LogP contribution in [0.1, 0.15) is 19.8 Å². The van der Waals surface area contributed by atoms with Gasteiger partial charge in [-0.3, -0.25) is 9.79 Å². The van der Waals surface area contributed by atoms with Gasteiger partial charge >= 0.3 is 5.97 Å². The molecule has 16 heavy (non-hydrogen) atoms. The number of benzene rings is 1. The van der Waals surface area contributed by atoms with Crippen molar-refractivity contribution in [3.05, 3.63) is 30.1 Å². The number of halogens is 1. The zero-order valence-corrected chi connectivity index (χ0v) is 9.37. The van der Waals surface area contributed by atoms with Crippen molar-refractivity contribution in [2.45, 2.75) is 19.8 Å². The number of hydrogen-bond acceptors (Lipinski definition) is 3. The molecule has 0 atom stereocenters. The molecule has 0 saturated heterocycles. The van der Waals surface area contributed by atoms with E-state index >= 15 is 0 Å². The predicted molar refractivity (Wildman–Crippen MR) is 60.4 cm³/mol. The minimum atomic E-state index is -0.317. The van der Waals surface area contributed by atoms with Crippen LogP contribution in [0.5, 0.6) is 0 Å². The first-order valence-corrected chi connectivity index (χ1v) is 5.04. The Morgan fingerprint density at radius 2 is 2.00 bits per heavy atom. The maximum atomic E-state index is 12.6. The fraction of sp³-hybridized carbons (Fsp3) is 0.333.